The van der Waals surface area contributed by atoms with Crippen LogP contribution in [0.25, 0.3) is 0 Å². The second kappa shape index (κ2) is 6.05. The molecule has 104 valence electrons. The van der Waals surface area contributed by atoms with Crippen molar-refractivity contribution < 1.29 is 13.2 Å². The molecule has 0 aliphatic carbocycles. The summed E-state index contributed by atoms with van der Waals surface area (Å²) >= 11 is 0. The Morgan fingerprint density at radius 3 is 1.88 bits per heavy atom. The van der Waals surface area contributed by atoms with E-state index in [9.17, 15) is 13.2 Å². The topological polar surface area (TPSA) is 29.3 Å². The zero-order chi connectivity index (χ0) is 13.9. The first-order valence-corrected chi connectivity index (χ1v) is 6.00. The standard InChI is InChI=1S/C12H25F3N2/c1-9(2)17(8-12(13,14)15)7-6-10(16)11(3,4)5/h9-10H,6-8,16H2,1-5H3. The summed E-state index contributed by atoms with van der Waals surface area (Å²) < 4.78 is 37.1. The molecule has 17 heavy (non-hydrogen) atoms. The molecule has 2 nitrogen and oxygen atoms in total. The van der Waals surface area contributed by atoms with Crippen LogP contribution < -0.4 is 5.73 Å². The summed E-state index contributed by atoms with van der Waals surface area (Å²) in [6.45, 7) is 9.07. The van der Waals surface area contributed by atoms with Gasteiger partial charge in [0.15, 0.2) is 0 Å². The predicted octanol–water partition coefficient (Wildman–Crippen LogP) is 3.02. The van der Waals surface area contributed by atoms with Gasteiger partial charge in [-0.2, -0.15) is 13.2 Å². The van der Waals surface area contributed by atoms with Gasteiger partial charge in [-0.15, -0.1) is 0 Å². The fraction of sp³-hybridized carbons (Fsp3) is 1.00. The summed E-state index contributed by atoms with van der Waals surface area (Å²) in [6, 6.07) is -0.208. The lowest BCUT2D eigenvalue weighted by molar-refractivity contribution is -0.149. The summed E-state index contributed by atoms with van der Waals surface area (Å²) in [5, 5.41) is 0. The maximum Gasteiger partial charge on any atom is 0.401 e. The smallest absolute Gasteiger partial charge is 0.327 e. The number of nitrogens with two attached hydrogens (primary N) is 1. The van der Waals surface area contributed by atoms with Crippen LogP contribution in [0.2, 0.25) is 0 Å². The summed E-state index contributed by atoms with van der Waals surface area (Å²) in [4.78, 5) is 1.42. The van der Waals surface area contributed by atoms with E-state index in [-0.39, 0.29) is 17.5 Å². The van der Waals surface area contributed by atoms with Gasteiger partial charge in [-0.3, -0.25) is 4.90 Å². The number of hydrogen-bond acceptors (Lipinski definition) is 2. The lowest BCUT2D eigenvalue weighted by Crippen LogP contribution is -2.43. The monoisotopic (exact) mass is 254 g/mol. The van der Waals surface area contributed by atoms with Gasteiger partial charge in [-0.1, -0.05) is 20.8 Å². The number of halogens is 3. The maximum atomic E-state index is 12.4. The number of nitrogens with zero attached hydrogens (tertiary/aromatic N) is 1. The molecule has 5 heteroatoms. The van der Waals surface area contributed by atoms with Gasteiger partial charge in [-0.25, -0.2) is 0 Å². The van der Waals surface area contributed by atoms with Crippen molar-refractivity contribution in [3.63, 3.8) is 0 Å². The predicted molar refractivity (Wildman–Crippen MR) is 64.8 cm³/mol. The fourth-order valence-electron chi connectivity index (χ4n) is 1.49. The molecule has 0 radical (unpaired) electrons. The summed E-state index contributed by atoms with van der Waals surface area (Å²) in [7, 11) is 0. The lowest BCUT2D eigenvalue weighted by atomic mass is 9.85. The van der Waals surface area contributed by atoms with Crippen LogP contribution in [0.3, 0.4) is 0 Å². The molecule has 0 aromatic carbocycles. The van der Waals surface area contributed by atoms with Gasteiger partial charge in [-0.05, 0) is 25.7 Å². The zero-order valence-electron chi connectivity index (χ0n) is 11.4. The average molecular weight is 254 g/mol. The van der Waals surface area contributed by atoms with Crippen LogP contribution in [0.4, 0.5) is 13.2 Å². The van der Waals surface area contributed by atoms with E-state index >= 15 is 0 Å². The minimum atomic E-state index is -4.14. The van der Waals surface area contributed by atoms with Crippen LogP contribution in [-0.2, 0) is 0 Å². The SMILES string of the molecule is CC(C)N(CCC(N)C(C)(C)C)CC(F)(F)F. The molecular weight excluding hydrogens is 229 g/mol. The third kappa shape index (κ3) is 7.60. The van der Waals surface area contributed by atoms with Crippen molar-refractivity contribution in [2.75, 3.05) is 13.1 Å². The molecular formula is C12H25F3N2. The van der Waals surface area contributed by atoms with Crippen molar-refractivity contribution in [1.29, 1.82) is 0 Å². The molecule has 0 spiro atoms. The number of hydrogen-bond donors (Lipinski definition) is 1. The molecule has 1 atom stereocenters. The third-order valence-corrected chi connectivity index (χ3v) is 2.95. The van der Waals surface area contributed by atoms with E-state index in [1.165, 1.54) is 4.90 Å². The number of rotatable bonds is 5. The van der Waals surface area contributed by atoms with Crippen LogP contribution in [0.1, 0.15) is 41.0 Å². The van der Waals surface area contributed by atoms with E-state index in [1.807, 2.05) is 20.8 Å². The molecule has 0 aliphatic heterocycles. The number of alkyl halides is 3. The first-order valence-electron chi connectivity index (χ1n) is 6.00. The second-order valence-corrected chi connectivity index (χ2v) is 5.94. The molecule has 0 amide bonds. The Balaban J connectivity index is 4.29. The van der Waals surface area contributed by atoms with Gasteiger partial charge >= 0.3 is 6.18 Å². The second-order valence-electron chi connectivity index (χ2n) is 5.94. The quantitative estimate of drug-likeness (QED) is 0.817. The Morgan fingerprint density at radius 1 is 1.12 bits per heavy atom. The van der Waals surface area contributed by atoms with Crippen molar-refractivity contribution in [1.82, 2.24) is 4.90 Å². The van der Waals surface area contributed by atoms with E-state index in [0.717, 1.165) is 0 Å². The molecule has 0 bridgehead atoms. The van der Waals surface area contributed by atoms with E-state index < -0.39 is 12.7 Å². The van der Waals surface area contributed by atoms with Crippen LogP contribution in [0.5, 0.6) is 0 Å². The Labute approximate surface area is 102 Å². The summed E-state index contributed by atoms with van der Waals surface area (Å²) in [5.41, 5.74) is 5.89. The molecule has 0 saturated heterocycles. The zero-order valence-corrected chi connectivity index (χ0v) is 11.4. The van der Waals surface area contributed by atoms with Crippen molar-refractivity contribution >= 4 is 0 Å². The van der Waals surface area contributed by atoms with Crippen LogP contribution in [-0.4, -0.2) is 36.2 Å². The fourth-order valence-corrected chi connectivity index (χ4v) is 1.49. The van der Waals surface area contributed by atoms with E-state index in [0.29, 0.717) is 13.0 Å². The van der Waals surface area contributed by atoms with Crippen molar-refractivity contribution in [2.45, 2.75) is 59.3 Å². The van der Waals surface area contributed by atoms with Crippen LogP contribution >= 0.6 is 0 Å². The Bertz CT molecular complexity index is 219. The average Bonchev–Trinajstić information content (AvgIpc) is 2.07. The van der Waals surface area contributed by atoms with E-state index in [2.05, 4.69) is 0 Å². The van der Waals surface area contributed by atoms with Crippen molar-refractivity contribution in [3.8, 4) is 0 Å². The summed E-state index contributed by atoms with van der Waals surface area (Å²) in [5.74, 6) is 0. The minimum absolute atomic E-state index is 0.0686. The van der Waals surface area contributed by atoms with Gasteiger partial charge in [0.1, 0.15) is 0 Å². The molecule has 2 N–H and O–H groups in total. The normalized spacial score (nSPS) is 15.7. The van der Waals surface area contributed by atoms with Crippen molar-refractivity contribution in [3.05, 3.63) is 0 Å². The Kier molecular flexibility index (Phi) is 5.94. The molecule has 0 rings (SSSR count). The Hall–Kier alpha value is -0.290. The van der Waals surface area contributed by atoms with Crippen LogP contribution in [0, 0.1) is 5.41 Å². The van der Waals surface area contributed by atoms with Crippen LogP contribution in [0.15, 0.2) is 0 Å². The first kappa shape index (κ1) is 16.7. The molecule has 0 saturated carbocycles. The minimum Gasteiger partial charge on any atom is -0.327 e. The van der Waals surface area contributed by atoms with E-state index in [4.69, 9.17) is 5.73 Å². The molecule has 1 unspecified atom stereocenters. The van der Waals surface area contributed by atoms with Gasteiger partial charge in [0.05, 0.1) is 6.54 Å². The molecule has 0 aromatic rings. The molecule has 0 fully saturated rings. The summed E-state index contributed by atoms with van der Waals surface area (Å²) in [6.07, 6.45) is -3.56. The van der Waals surface area contributed by atoms with Gasteiger partial charge in [0.2, 0.25) is 0 Å². The van der Waals surface area contributed by atoms with E-state index in [1.54, 1.807) is 13.8 Å². The third-order valence-electron chi connectivity index (χ3n) is 2.95. The van der Waals surface area contributed by atoms with Gasteiger partial charge in [0, 0.05) is 18.6 Å². The van der Waals surface area contributed by atoms with Gasteiger partial charge < -0.3 is 5.73 Å². The van der Waals surface area contributed by atoms with Crippen molar-refractivity contribution in [2.24, 2.45) is 11.1 Å². The maximum absolute atomic E-state index is 12.4. The molecule has 0 aliphatic rings. The highest BCUT2D eigenvalue weighted by molar-refractivity contribution is 4.79. The Morgan fingerprint density at radius 2 is 1.59 bits per heavy atom. The molecule has 0 aromatic heterocycles. The highest BCUT2D eigenvalue weighted by Crippen LogP contribution is 2.22. The highest BCUT2D eigenvalue weighted by Gasteiger charge is 2.32. The molecule has 0 heterocycles. The van der Waals surface area contributed by atoms with Gasteiger partial charge in [0.25, 0.3) is 0 Å². The highest BCUT2D eigenvalue weighted by atomic mass is 19.4. The lowest BCUT2D eigenvalue weighted by Gasteiger charge is -2.32. The largest absolute Gasteiger partial charge is 0.401 e. The first-order chi connectivity index (χ1) is 7.43.